The second-order valence-electron chi connectivity index (χ2n) is 8.53. The monoisotopic (exact) mass is 483 g/mol. The van der Waals surface area contributed by atoms with Crippen LogP contribution in [0.4, 0.5) is 11.4 Å². The highest BCUT2D eigenvalue weighted by Crippen LogP contribution is 2.34. The Balaban J connectivity index is 1.51. The van der Waals surface area contributed by atoms with E-state index in [9.17, 15) is 9.59 Å². The minimum Gasteiger partial charge on any atom is -0.323 e. The summed E-state index contributed by atoms with van der Waals surface area (Å²) in [4.78, 5) is 27.3. The van der Waals surface area contributed by atoms with E-state index in [1.165, 1.54) is 17.3 Å². The Labute approximate surface area is 208 Å². The lowest BCUT2D eigenvalue weighted by Gasteiger charge is -2.30. The van der Waals surface area contributed by atoms with Gasteiger partial charge in [-0.05, 0) is 56.2 Å². The molecule has 0 radical (unpaired) electrons. The van der Waals surface area contributed by atoms with Crippen LogP contribution >= 0.6 is 11.8 Å². The van der Waals surface area contributed by atoms with E-state index in [1.54, 1.807) is 11.0 Å². The van der Waals surface area contributed by atoms with Gasteiger partial charge in [0.1, 0.15) is 6.54 Å². The molecule has 1 aromatic heterocycles. The minimum atomic E-state index is -0.493. The first kappa shape index (κ1) is 22.9. The molecule has 2 heterocycles. The average molecular weight is 484 g/mol. The second kappa shape index (κ2) is 9.38. The molecule has 1 aliphatic rings. The van der Waals surface area contributed by atoms with Crippen LogP contribution in [-0.2, 0) is 9.59 Å². The Hall–Kier alpha value is -3.91. The number of carbonyl (C=O) groups is 2. The molecule has 4 aromatic rings. The molecule has 0 aliphatic carbocycles. The van der Waals surface area contributed by atoms with Gasteiger partial charge in [-0.1, -0.05) is 60.3 Å². The summed E-state index contributed by atoms with van der Waals surface area (Å²) in [6.45, 7) is 5.97. The highest BCUT2D eigenvalue weighted by molar-refractivity contribution is 8.00. The van der Waals surface area contributed by atoms with Crippen molar-refractivity contribution in [1.29, 1.82) is 0 Å². The fourth-order valence-electron chi connectivity index (χ4n) is 4.08. The molecule has 0 spiro atoms. The van der Waals surface area contributed by atoms with Gasteiger partial charge in [0.05, 0.1) is 22.3 Å². The van der Waals surface area contributed by atoms with Gasteiger partial charge in [-0.15, -0.1) is 10.2 Å². The summed E-state index contributed by atoms with van der Waals surface area (Å²) in [5.41, 5.74) is 5.56. The fraction of sp³-hybridized carbons (Fsp3) is 0.185. The van der Waals surface area contributed by atoms with E-state index in [0.717, 1.165) is 16.8 Å². The molecule has 0 saturated carbocycles. The molecule has 7 nitrogen and oxygen atoms in total. The predicted molar refractivity (Wildman–Crippen MR) is 139 cm³/mol. The van der Waals surface area contributed by atoms with Gasteiger partial charge >= 0.3 is 0 Å². The summed E-state index contributed by atoms with van der Waals surface area (Å²) in [6, 6.07) is 23.4. The van der Waals surface area contributed by atoms with Gasteiger partial charge in [-0.2, -0.15) is 0 Å². The number of thioether (sulfide) groups is 1. The molecule has 5 rings (SSSR count). The van der Waals surface area contributed by atoms with Crippen molar-refractivity contribution in [3.8, 4) is 17.1 Å². The van der Waals surface area contributed by atoms with Crippen molar-refractivity contribution < 1.29 is 9.59 Å². The van der Waals surface area contributed by atoms with E-state index in [-0.39, 0.29) is 18.4 Å². The zero-order valence-corrected chi connectivity index (χ0v) is 20.5. The third kappa shape index (κ3) is 4.44. The van der Waals surface area contributed by atoms with Crippen LogP contribution < -0.4 is 10.2 Å². The zero-order chi connectivity index (χ0) is 24.5. The summed E-state index contributed by atoms with van der Waals surface area (Å²) >= 11 is 1.33. The Bertz CT molecular complexity index is 1420. The molecule has 0 fully saturated rings. The number of hydrogen-bond donors (Lipinski definition) is 1. The maximum absolute atomic E-state index is 13.5. The van der Waals surface area contributed by atoms with E-state index in [0.29, 0.717) is 22.4 Å². The standard InChI is InChI=1S/C27H25N5O2S/c1-17-13-14-21(15-18(17)2)32-25(20-9-5-4-6-10-20)29-30-27(32)35-19(3)26(34)31-16-24(33)28-22-11-7-8-12-23(22)31/h4-15,19H,16H2,1-3H3,(H,28,33). The topological polar surface area (TPSA) is 80.1 Å². The van der Waals surface area contributed by atoms with Crippen molar-refractivity contribution in [2.75, 3.05) is 16.8 Å². The third-order valence-corrected chi connectivity index (χ3v) is 7.11. The molecule has 1 aliphatic heterocycles. The van der Waals surface area contributed by atoms with Crippen molar-refractivity contribution in [2.45, 2.75) is 31.2 Å². The number of anilines is 2. The highest BCUT2D eigenvalue weighted by atomic mass is 32.2. The highest BCUT2D eigenvalue weighted by Gasteiger charge is 2.31. The van der Waals surface area contributed by atoms with Crippen molar-refractivity contribution in [1.82, 2.24) is 14.8 Å². The first-order valence-electron chi connectivity index (χ1n) is 11.4. The number of amides is 2. The molecule has 1 unspecified atom stereocenters. The van der Waals surface area contributed by atoms with Crippen LogP contribution in [0.1, 0.15) is 18.1 Å². The largest absolute Gasteiger partial charge is 0.323 e. The van der Waals surface area contributed by atoms with E-state index >= 15 is 0 Å². The van der Waals surface area contributed by atoms with Crippen molar-refractivity contribution >= 4 is 35.0 Å². The number of para-hydroxylation sites is 2. The van der Waals surface area contributed by atoms with E-state index in [1.807, 2.05) is 66.1 Å². The second-order valence-corrected chi connectivity index (χ2v) is 9.83. The maximum Gasteiger partial charge on any atom is 0.244 e. The quantitative estimate of drug-likeness (QED) is 0.403. The maximum atomic E-state index is 13.5. The Morgan fingerprint density at radius 3 is 2.49 bits per heavy atom. The van der Waals surface area contributed by atoms with Crippen LogP contribution in [0, 0.1) is 13.8 Å². The lowest BCUT2D eigenvalue weighted by molar-refractivity contribution is -0.121. The number of carbonyl (C=O) groups excluding carboxylic acids is 2. The summed E-state index contributed by atoms with van der Waals surface area (Å²) in [5, 5.41) is 11.9. The predicted octanol–water partition coefficient (Wildman–Crippen LogP) is 5.02. The number of hydrogen-bond acceptors (Lipinski definition) is 5. The van der Waals surface area contributed by atoms with Gasteiger partial charge in [0.2, 0.25) is 11.8 Å². The van der Waals surface area contributed by atoms with Gasteiger partial charge in [-0.25, -0.2) is 0 Å². The normalized spacial score (nSPS) is 13.8. The molecule has 2 amide bonds. The molecule has 3 aromatic carbocycles. The van der Waals surface area contributed by atoms with Gasteiger partial charge in [0.15, 0.2) is 11.0 Å². The molecule has 0 bridgehead atoms. The minimum absolute atomic E-state index is 0.0140. The third-order valence-electron chi connectivity index (χ3n) is 6.08. The van der Waals surface area contributed by atoms with E-state index < -0.39 is 5.25 Å². The van der Waals surface area contributed by atoms with Crippen LogP contribution in [0.3, 0.4) is 0 Å². The number of aryl methyl sites for hydroxylation is 2. The molecule has 176 valence electrons. The lowest BCUT2D eigenvalue weighted by atomic mass is 10.1. The summed E-state index contributed by atoms with van der Waals surface area (Å²) in [5.74, 6) is 0.339. The van der Waals surface area contributed by atoms with E-state index in [2.05, 4.69) is 41.5 Å². The SMILES string of the molecule is Cc1ccc(-n2c(SC(C)C(=O)N3CC(=O)Nc4ccccc43)nnc2-c2ccccc2)cc1C. The Kier molecular flexibility index (Phi) is 6.13. The first-order chi connectivity index (χ1) is 16.9. The number of nitrogens with one attached hydrogen (secondary N) is 1. The summed E-state index contributed by atoms with van der Waals surface area (Å²) in [6.07, 6.45) is 0. The zero-order valence-electron chi connectivity index (χ0n) is 19.7. The number of benzene rings is 3. The molecule has 0 saturated heterocycles. The fourth-order valence-corrected chi connectivity index (χ4v) is 5.01. The van der Waals surface area contributed by atoms with Gasteiger partial charge in [0, 0.05) is 5.56 Å². The Morgan fingerprint density at radius 2 is 1.71 bits per heavy atom. The lowest BCUT2D eigenvalue weighted by Crippen LogP contribution is -2.45. The molecular weight excluding hydrogens is 458 g/mol. The first-order valence-corrected chi connectivity index (χ1v) is 12.3. The van der Waals surface area contributed by atoms with Crippen LogP contribution in [0.2, 0.25) is 0 Å². The number of aromatic nitrogens is 3. The summed E-state index contributed by atoms with van der Waals surface area (Å²) < 4.78 is 1.99. The average Bonchev–Trinajstić information content (AvgIpc) is 3.28. The van der Waals surface area contributed by atoms with Gasteiger partial charge in [-0.3, -0.25) is 19.1 Å². The van der Waals surface area contributed by atoms with E-state index in [4.69, 9.17) is 0 Å². The van der Waals surface area contributed by atoms with Crippen molar-refractivity contribution in [3.63, 3.8) is 0 Å². The van der Waals surface area contributed by atoms with Crippen LogP contribution in [0.25, 0.3) is 17.1 Å². The van der Waals surface area contributed by atoms with Crippen molar-refractivity contribution in [2.24, 2.45) is 0 Å². The number of nitrogens with zero attached hydrogens (tertiary/aromatic N) is 4. The van der Waals surface area contributed by atoms with Crippen molar-refractivity contribution in [3.05, 3.63) is 83.9 Å². The van der Waals surface area contributed by atoms with Crippen LogP contribution in [0.5, 0.6) is 0 Å². The van der Waals surface area contributed by atoms with Gasteiger partial charge in [0.25, 0.3) is 0 Å². The van der Waals surface area contributed by atoms with Crippen LogP contribution in [0.15, 0.2) is 78.0 Å². The molecule has 1 atom stereocenters. The number of rotatable bonds is 5. The van der Waals surface area contributed by atoms with Crippen LogP contribution in [-0.4, -0.2) is 38.4 Å². The summed E-state index contributed by atoms with van der Waals surface area (Å²) in [7, 11) is 0. The molecule has 1 N–H and O–H groups in total. The Morgan fingerprint density at radius 1 is 0.971 bits per heavy atom. The van der Waals surface area contributed by atoms with Gasteiger partial charge < -0.3 is 5.32 Å². The molecule has 8 heteroatoms. The molecular formula is C27H25N5O2S. The molecule has 35 heavy (non-hydrogen) atoms. The smallest absolute Gasteiger partial charge is 0.244 e. The number of fused-ring (bicyclic) bond motifs is 1.